The number of anilines is 3. The van der Waals surface area contributed by atoms with E-state index in [1.165, 1.54) is 14.0 Å². The molecule has 4 amide bonds. The molecular weight excluding hydrogens is 410 g/mol. The lowest BCUT2D eigenvalue weighted by atomic mass is 10.2. The van der Waals surface area contributed by atoms with E-state index in [1.807, 2.05) is 18.2 Å². The number of para-hydroxylation sites is 1. The van der Waals surface area contributed by atoms with E-state index in [4.69, 9.17) is 4.74 Å². The molecule has 1 heterocycles. The summed E-state index contributed by atoms with van der Waals surface area (Å²) in [7, 11) is 1.49. The van der Waals surface area contributed by atoms with E-state index < -0.39 is 6.04 Å². The van der Waals surface area contributed by atoms with Crippen LogP contribution in [0.1, 0.15) is 13.8 Å². The van der Waals surface area contributed by atoms with Crippen molar-refractivity contribution < 1.29 is 19.1 Å². The molecule has 3 rings (SSSR count). The first-order valence-corrected chi connectivity index (χ1v) is 10.5. The molecule has 1 fully saturated rings. The van der Waals surface area contributed by atoms with Crippen molar-refractivity contribution in [3.05, 3.63) is 48.5 Å². The highest BCUT2D eigenvalue weighted by atomic mass is 16.5. The quantitative estimate of drug-likeness (QED) is 0.642. The van der Waals surface area contributed by atoms with E-state index in [9.17, 15) is 14.4 Å². The van der Waals surface area contributed by atoms with Crippen LogP contribution in [0.4, 0.5) is 21.9 Å². The van der Waals surface area contributed by atoms with E-state index in [2.05, 4.69) is 33.0 Å². The van der Waals surface area contributed by atoms with Gasteiger partial charge < -0.3 is 30.5 Å². The van der Waals surface area contributed by atoms with E-state index in [0.717, 1.165) is 18.8 Å². The Morgan fingerprint density at radius 3 is 2.28 bits per heavy atom. The SMILES string of the molecule is COc1ccc(NC(C)=O)cc1NC(=O)C(C)NC(=O)N1CCN(c2ccccc2)CC1. The molecule has 2 aromatic rings. The second-order valence-corrected chi connectivity index (χ2v) is 7.57. The van der Waals surface area contributed by atoms with Crippen molar-refractivity contribution in [3.63, 3.8) is 0 Å². The molecule has 1 atom stereocenters. The molecule has 2 aromatic carbocycles. The van der Waals surface area contributed by atoms with Crippen LogP contribution in [-0.4, -0.2) is 62.1 Å². The van der Waals surface area contributed by atoms with Gasteiger partial charge in [-0.05, 0) is 37.3 Å². The van der Waals surface area contributed by atoms with Gasteiger partial charge in [-0.25, -0.2) is 4.79 Å². The second-order valence-electron chi connectivity index (χ2n) is 7.57. The van der Waals surface area contributed by atoms with Crippen LogP contribution in [0, 0.1) is 0 Å². The van der Waals surface area contributed by atoms with Crippen molar-refractivity contribution in [2.24, 2.45) is 0 Å². The van der Waals surface area contributed by atoms with Crippen molar-refractivity contribution in [1.29, 1.82) is 0 Å². The molecule has 170 valence electrons. The molecule has 0 aliphatic carbocycles. The Morgan fingerprint density at radius 2 is 1.66 bits per heavy atom. The van der Waals surface area contributed by atoms with E-state index >= 15 is 0 Å². The number of benzene rings is 2. The molecular formula is C23H29N5O4. The first kappa shape index (κ1) is 22.9. The number of carbonyl (C=O) groups is 3. The number of rotatable bonds is 6. The Kier molecular flexibility index (Phi) is 7.54. The van der Waals surface area contributed by atoms with Crippen molar-refractivity contribution >= 4 is 34.9 Å². The van der Waals surface area contributed by atoms with Gasteiger partial charge in [0.15, 0.2) is 0 Å². The Bertz CT molecular complexity index is 958. The normalized spacial score (nSPS) is 14.3. The van der Waals surface area contributed by atoms with Crippen LogP contribution in [-0.2, 0) is 9.59 Å². The minimum Gasteiger partial charge on any atom is -0.495 e. The van der Waals surface area contributed by atoms with Crippen LogP contribution in [0.25, 0.3) is 0 Å². The number of ether oxygens (including phenoxy) is 1. The Balaban J connectivity index is 1.54. The van der Waals surface area contributed by atoms with Crippen LogP contribution in [0.3, 0.4) is 0 Å². The molecule has 1 aliphatic heterocycles. The summed E-state index contributed by atoms with van der Waals surface area (Å²) in [5.41, 5.74) is 2.07. The van der Waals surface area contributed by atoms with Gasteiger partial charge in [0.05, 0.1) is 12.8 Å². The lowest BCUT2D eigenvalue weighted by Crippen LogP contribution is -2.54. The van der Waals surface area contributed by atoms with Crippen molar-refractivity contribution in [2.45, 2.75) is 19.9 Å². The minimum absolute atomic E-state index is 0.222. The number of urea groups is 1. The third-order valence-corrected chi connectivity index (χ3v) is 5.20. The molecule has 1 saturated heterocycles. The number of nitrogens with one attached hydrogen (secondary N) is 3. The van der Waals surface area contributed by atoms with Gasteiger partial charge in [0.25, 0.3) is 0 Å². The van der Waals surface area contributed by atoms with Gasteiger partial charge in [-0.3, -0.25) is 9.59 Å². The molecule has 0 spiro atoms. The summed E-state index contributed by atoms with van der Waals surface area (Å²) >= 11 is 0. The number of carbonyl (C=O) groups excluding carboxylic acids is 3. The fourth-order valence-electron chi connectivity index (χ4n) is 3.48. The number of nitrogens with zero attached hydrogens (tertiary/aromatic N) is 2. The average molecular weight is 440 g/mol. The van der Waals surface area contributed by atoms with Gasteiger partial charge in [0.1, 0.15) is 11.8 Å². The fraction of sp³-hybridized carbons (Fsp3) is 0.348. The Morgan fingerprint density at radius 1 is 0.969 bits per heavy atom. The monoisotopic (exact) mass is 439 g/mol. The predicted molar refractivity (Wildman–Crippen MR) is 124 cm³/mol. The molecule has 1 unspecified atom stereocenters. The van der Waals surface area contributed by atoms with E-state index in [1.54, 1.807) is 30.0 Å². The zero-order chi connectivity index (χ0) is 23.1. The fourth-order valence-corrected chi connectivity index (χ4v) is 3.48. The highest BCUT2D eigenvalue weighted by molar-refractivity contribution is 5.99. The molecule has 0 saturated carbocycles. The number of hydrogen-bond donors (Lipinski definition) is 3. The molecule has 9 nitrogen and oxygen atoms in total. The van der Waals surface area contributed by atoms with E-state index in [0.29, 0.717) is 30.2 Å². The highest BCUT2D eigenvalue weighted by Gasteiger charge is 2.24. The smallest absolute Gasteiger partial charge is 0.318 e. The topological polar surface area (TPSA) is 103 Å². The molecule has 32 heavy (non-hydrogen) atoms. The Labute approximate surface area is 187 Å². The van der Waals surface area contributed by atoms with Crippen molar-refractivity contribution in [1.82, 2.24) is 10.2 Å². The van der Waals surface area contributed by atoms with Gasteiger partial charge in [0, 0.05) is 44.5 Å². The molecule has 3 N–H and O–H groups in total. The molecule has 0 bridgehead atoms. The maximum absolute atomic E-state index is 12.7. The summed E-state index contributed by atoms with van der Waals surface area (Å²) in [5, 5.41) is 8.17. The van der Waals surface area contributed by atoms with Crippen LogP contribution in [0.15, 0.2) is 48.5 Å². The summed E-state index contributed by atoms with van der Waals surface area (Å²) < 4.78 is 5.28. The number of piperazine rings is 1. The lowest BCUT2D eigenvalue weighted by Gasteiger charge is -2.36. The number of hydrogen-bond acceptors (Lipinski definition) is 5. The second kappa shape index (κ2) is 10.5. The van der Waals surface area contributed by atoms with Crippen LogP contribution >= 0.6 is 0 Å². The zero-order valence-corrected chi connectivity index (χ0v) is 18.6. The summed E-state index contributed by atoms with van der Waals surface area (Å²) in [5.74, 6) is -0.164. The standard InChI is InChI=1S/C23H29N5O4/c1-16(22(30)26-20-15-18(25-17(2)29)9-10-21(20)32-3)24-23(31)28-13-11-27(12-14-28)19-7-5-4-6-8-19/h4-10,15-16H,11-14H2,1-3H3,(H,24,31)(H,25,29)(H,26,30). The molecule has 0 radical (unpaired) electrons. The van der Waals surface area contributed by atoms with Crippen LogP contribution in [0.2, 0.25) is 0 Å². The molecule has 1 aliphatic rings. The highest BCUT2D eigenvalue weighted by Crippen LogP contribution is 2.28. The molecule has 9 heteroatoms. The van der Waals surface area contributed by atoms with E-state index in [-0.39, 0.29) is 17.8 Å². The molecule has 0 aromatic heterocycles. The van der Waals surface area contributed by atoms with Gasteiger partial charge >= 0.3 is 6.03 Å². The zero-order valence-electron chi connectivity index (χ0n) is 18.6. The Hall–Kier alpha value is -3.75. The summed E-state index contributed by atoms with van der Waals surface area (Å²) in [6, 6.07) is 14.0. The maximum Gasteiger partial charge on any atom is 0.318 e. The maximum atomic E-state index is 12.7. The first-order chi connectivity index (χ1) is 15.4. The van der Waals surface area contributed by atoms with Crippen molar-refractivity contribution in [2.75, 3.05) is 48.8 Å². The third-order valence-electron chi connectivity index (χ3n) is 5.20. The lowest BCUT2D eigenvalue weighted by molar-refractivity contribution is -0.117. The summed E-state index contributed by atoms with van der Waals surface area (Å²) in [4.78, 5) is 40.6. The summed E-state index contributed by atoms with van der Waals surface area (Å²) in [6.45, 7) is 5.62. The van der Waals surface area contributed by atoms with Gasteiger partial charge in [-0.2, -0.15) is 0 Å². The van der Waals surface area contributed by atoms with Crippen molar-refractivity contribution in [3.8, 4) is 5.75 Å². The van der Waals surface area contributed by atoms with Gasteiger partial charge in [-0.15, -0.1) is 0 Å². The average Bonchev–Trinajstić information content (AvgIpc) is 2.79. The number of methoxy groups -OCH3 is 1. The van der Waals surface area contributed by atoms with Crippen LogP contribution in [0.5, 0.6) is 5.75 Å². The largest absolute Gasteiger partial charge is 0.495 e. The minimum atomic E-state index is -0.760. The first-order valence-electron chi connectivity index (χ1n) is 10.5. The van der Waals surface area contributed by atoms with Gasteiger partial charge in [-0.1, -0.05) is 18.2 Å². The van der Waals surface area contributed by atoms with Gasteiger partial charge in [0.2, 0.25) is 11.8 Å². The summed E-state index contributed by atoms with van der Waals surface area (Å²) in [6.07, 6.45) is 0. The number of amides is 4. The predicted octanol–water partition coefficient (Wildman–Crippen LogP) is 2.51. The van der Waals surface area contributed by atoms with Crippen LogP contribution < -0.4 is 25.6 Å². The third kappa shape index (κ3) is 5.90.